The van der Waals surface area contributed by atoms with Crippen molar-refractivity contribution in [1.29, 1.82) is 0 Å². The lowest BCUT2D eigenvalue weighted by Gasteiger charge is -2.26. The van der Waals surface area contributed by atoms with Gasteiger partial charge in [0.1, 0.15) is 5.58 Å². The molecule has 3 heterocycles. The van der Waals surface area contributed by atoms with Crippen LogP contribution in [0.5, 0.6) is 0 Å². The molecule has 2 aliphatic rings. The van der Waals surface area contributed by atoms with Crippen LogP contribution in [0.3, 0.4) is 0 Å². The lowest BCUT2D eigenvalue weighted by molar-refractivity contribution is 0.0650. The number of benzene rings is 1. The summed E-state index contributed by atoms with van der Waals surface area (Å²) in [5, 5.41) is 4.38. The van der Waals surface area contributed by atoms with Crippen molar-refractivity contribution in [2.45, 2.75) is 31.3 Å². The van der Waals surface area contributed by atoms with Gasteiger partial charge in [0.15, 0.2) is 5.76 Å². The second kappa shape index (κ2) is 5.14. The summed E-state index contributed by atoms with van der Waals surface area (Å²) < 4.78 is 6.77. The molecule has 0 saturated carbocycles. The first-order valence-electron chi connectivity index (χ1n) is 7.45. The predicted molar refractivity (Wildman–Crippen MR) is 84.4 cm³/mol. The number of nitrogens with one attached hydrogen (secondary N) is 1. The molecule has 2 aromatic rings. The molecule has 4 nitrogen and oxygen atoms in total. The van der Waals surface area contributed by atoms with Gasteiger partial charge in [-0.15, -0.1) is 0 Å². The molecule has 1 aromatic carbocycles. The predicted octanol–water partition coefficient (Wildman–Crippen LogP) is 3.16. The molecule has 2 atom stereocenters. The van der Waals surface area contributed by atoms with E-state index in [-0.39, 0.29) is 5.91 Å². The van der Waals surface area contributed by atoms with E-state index in [1.165, 1.54) is 0 Å². The van der Waals surface area contributed by atoms with Crippen molar-refractivity contribution >= 4 is 32.8 Å². The largest absolute Gasteiger partial charge is 0.451 e. The second-order valence-corrected chi connectivity index (χ2v) is 6.80. The van der Waals surface area contributed by atoms with E-state index in [0.29, 0.717) is 17.8 Å². The number of halogens is 1. The average molecular weight is 349 g/mol. The van der Waals surface area contributed by atoms with Crippen molar-refractivity contribution in [3.8, 4) is 0 Å². The second-order valence-electron chi connectivity index (χ2n) is 5.88. The van der Waals surface area contributed by atoms with Crippen molar-refractivity contribution < 1.29 is 9.21 Å². The van der Waals surface area contributed by atoms with Crippen molar-refractivity contribution in [3.05, 3.63) is 34.5 Å². The monoisotopic (exact) mass is 348 g/mol. The van der Waals surface area contributed by atoms with Crippen LogP contribution in [0.2, 0.25) is 0 Å². The van der Waals surface area contributed by atoms with E-state index in [1.807, 2.05) is 29.2 Å². The SMILES string of the molecule is O=C(c1cc2cc(Br)ccc2o1)N1C2CCNCC1CC2. The number of hydrogen-bond donors (Lipinski definition) is 1. The molecule has 2 unspecified atom stereocenters. The molecule has 5 heteroatoms. The Bertz CT molecular complexity index is 683. The van der Waals surface area contributed by atoms with Gasteiger partial charge in [-0.25, -0.2) is 0 Å². The molecule has 0 spiro atoms. The van der Waals surface area contributed by atoms with E-state index in [1.54, 1.807) is 0 Å². The molecular formula is C16H17BrN2O2. The molecule has 0 aliphatic carbocycles. The third kappa shape index (κ3) is 2.28. The van der Waals surface area contributed by atoms with Gasteiger partial charge in [0.05, 0.1) is 0 Å². The molecule has 1 N–H and O–H groups in total. The summed E-state index contributed by atoms with van der Waals surface area (Å²) >= 11 is 3.45. The quantitative estimate of drug-likeness (QED) is 0.860. The Balaban J connectivity index is 1.69. The van der Waals surface area contributed by atoms with Gasteiger partial charge in [0.2, 0.25) is 0 Å². The normalized spacial score (nSPS) is 25.3. The van der Waals surface area contributed by atoms with Gasteiger partial charge in [0.25, 0.3) is 5.91 Å². The summed E-state index contributed by atoms with van der Waals surface area (Å²) in [6.45, 7) is 1.89. The maximum Gasteiger partial charge on any atom is 0.290 e. The molecular weight excluding hydrogens is 332 g/mol. The molecule has 2 fully saturated rings. The standard InChI is InChI=1S/C16H17BrN2O2/c17-11-1-4-14-10(7-11)8-15(21-14)16(20)19-12-2-3-13(19)9-18-6-5-12/h1,4,7-8,12-13,18H,2-3,5-6,9H2. The Hall–Kier alpha value is -1.33. The van der Waals surface area contributed by atoms with Crippen LogP contribution in [0.25, 0.3) is 11.0 Å². The molecule has 4 rings (SSSR count). The fourth-order valence-electron chi connectivity index (χ4n) is 3.56. The van der Waals surface area contributed by atoms with Crippen LogP contribution in [0.4, 0.5) is 0 Å². The van der Waals surface area contributed by atoms with Gasteiger partial charge < -0.3 is 14.6 Å². The molecule has 21 heavy (non-hydrogen) atoms. The van der Waals surface area contributed by atoms with E-state index in [2.05, 4.69) is 21.2 Å². The number of amides is 1. The minimum Gasteiger partial charge on any atom is -0.451 e. The number of furan rings is 1. The zero-order chi connectivity index (χ0) is 14.4. The van der Waals surface area contributed by atoms with E-state index < -0.39 is 0 Å². The van der Waals surface area contributed by atoms with Gasteiger partial charge in [0, 0.05) is 28.5 Å². The number of rotatable bonds is 1. The minimum atomic E-state index is 0.0403. The number of carbonyl (C=O) groups is 1. The molecule has 2 aliphatic heterocycles. The number of fused-ring (bicyclic) bond motifs is 3. The maximum absolute atomic E-state index is 12.9. The summed E-state index contributed by atoms with van der Waals surface area (Å²) in [5.74, 6) is 0.500. The van der Waals surface area contributed by atoms with Crippen molar-refractivity contribution in [3.63, 3.8) is 0 Å². The van der Waals surface area contributed by atoms with Crippen LogP contribution in [-0.4, -0.2) is 36.0 Å². The number of hydrogen-bond acceptors (Lipinski definition) is 3. The third-order valence-electron chi connectivity index (χ3n) is 4.58. The van der Waals surface area contributed by atoms with Crippen LogP contribution in [-0.2, 0) is 0 Å². The van der Waals surface area contributed by atoms with Gasteiger partial charge in [-0.3, -0.25) is 4.79 Å². The first-order chi connectivity index (χ1) is 10.2. The highest BCUT2D eigenvalue weighted by atomic mass is 79.9. The smallest absolute Gasteiger partial charge is 0.290 e. The Morgan fingerprint density at radius 3 is 3.00 bits per heavy atom. The fraction of sp³-hybridized carbons (Fsp3) is 0.438. The zero-order valence-electron chi connectivity index (χ0n) is 11.6. The van der Waals surface area contributed by atoms with Crippen LogP contribution in [0.15, 0.2) is 33.2 Å². The van der Waals surface area contributed by atoms with Crippen molar-refractivity contribution in [2.24, 2.45) is 0 Å². The summed E-state index contributed by atoms with van der Waals surface area (Å²) in [4.78, 5) is 14.9. The zero-order valence-corrected chi connectivity index (χ0v) is 13.2. The summed E-state index contributed by atoms with van der Waals surface area (Å²) in [6.07, 6.45) is 3.24. The molecule has 1 aromatic heterocycles. The van der Waals surface area contributed by atoms with Crippen LogP contribution in [0.1, 0.15) is 29.8 Å². The highest BCUT2D eigenvalue weighted by Gasteiger charge is 2.39. The first kappa shape index (κ1) is 13.3. The van der Waals surface area contributed by atoms with Gasteiger partial charge in [-0.2, -0.15) is 0 Å². The van der Waals surface area contributed by atoms with Crippen molar-refractivity contribution in [1.82, 2.24) is 10.2 Å². The van der Waals surface area contributed by atoms with E-state index in [9.17, 15) is 4.79 Å². The third-order valence-corrected chi connectivity index (χ3v) is 5.07. The highest BCUT2D eigenvalue weighted by Crippen LogP contribution is 2.31. The van der Waals surface area contributed by atoms with Gasteiger partial charge >= 0.3 is 0 Å². The summed E-state index contributed by atoms with van der Waals surface area (Å²) in [6, 6.07) is 8.34. The number of nitrogens with zero attached hydrogens (tertiary/aromatic N) is 1. The molecule has 0 radical (unpaired) electrons. The maximum atomic E-state index is 12.9. The average Bonchev–Trinajstić information content (AvgIpc) is 2.97. The van der Waals surface area contributed by atoms with Crippen molar-refractivity contribution in [2.75, 3.05) is 13.1 Å². The van der Waals surface area contributed by atoms with Gasteiger partial charge in [-0.05, 0) is 50.1 Å². The van der Waals surface area contributed by atoms with Crippen LogP contribution in [0, 0.1) is 0 Å². The van der Waals surface area contributed by atoms with Crippen LogP contribution >= 0.6 is 15.9 Å². The fourth-order valence-corrected chi connectivity index (χ4v) is 3.94. The molecule has 2 saturated heterocycles. The topological polar surface area (TPSA) is 45.5 Å². The van der Waals surface area contributed by atoms with Crippen LogP contribution < -0.4 is 5.32 Å². The first-order valence-corrected chi connectivity index (χ1v) is 8.24. The molecule has 1 amide bonds. The van der Waals surface area contributed by atoms with E-state index in [0.717, 1.165) is 47.8 Å². The lowest BCUT2D eigenvalue weighted by atomic mass is 10.1. The Morgan fingerprint density at radius 1 is 1.24 bits per heavy atom. The lowest BCUT2D eigenvalue weighted by Crippen LogP contribution is -2.42. The highest BCUT2D eigenvalue weighted by molar-refractivity contribution is 9.10. The molecule has 110 valence electrons. The Labute approximate surface area is 131 Å². The Kier molecular flexibility index (Phi) is 3.27. The Morgan fingerprint density at radius 2 is 2.10 bits per heavy atom. The summed E-state index contributed by atoms with van der Waals surface area (Å²) in [7, 11) is 0. The van der Waals surface area contributed by atoms with Gasteiger partial charge in [-0.1, -0.05) is 15.9 Å². The minimum absolute atomic E-state index is 0.0403. The van der Waals surface area contributed by atoms with E-state index in [4.69, 9.17) is 4.42 Å². The number of carbonyl (C=O) groups excluding carboxylic acids is 1. The van der Waals surface area contributed by atoms with E-state index >= 15 is 0 Å². The molecule has 2 bridgehead atoms. The summed E-state index contributed by atoms with van der Waals surface area (Å²) in [5.41, 5.74) is 0.766.